The lowest BCUT2D eigenvalue weighted by molar-refractivity contribution is 0.0950. The highest BCUT2D eigenvalue weighted by molar-refractivity contribution is 5.98. The van der Waals surface area contributed by atoms with Crippen molar-refractivity contribution in [3.8, 4) is 11.1 Å². The smallest absolute Gasteiger partial charge is 0.253 e. The molecule has 4 rings (SSSR count). The van der Waals surface area contributed by atoms with Crippen molar-refractivity contribution in [1.82, 2.24) is 25.2 Å². The van der Waals surface area contributed by atoms with Crippen molar-refractivity contribution in [2.75, 3.05) is 31.3 Å². The number of nitrogens with two attached hydrogens (primary N) is 1. The number of aromatic amines is 1. The molecule has 39 heavy (non-hydrogen) atoms. The molecule has 1 fully saturated rings. The summed E-state index contributed by atoms with van der Waals surface area (Å²) in [7, 11) is 4.31. The Hall–Kier alpha value is -3.72. The maximum atomic E-state index is 13.6. The first kappa shape index (κ1) is 28.3. The molecule has 1 saturated carbocycles. The first-order valence-corrected chi connectivity index (χ1v) is 13.7. The SMILES string of the molecule is CCN(c1cc(-c2cnc(N)nc2)cc(C(=O)NCc2c(C)cc(C)[nH]c2=O)c1C)[C@H]1CC[C@H](N(C)C)CC1. The minimum absolute atomic E-state index is 0.149. The number of H-pyrrole nitrogens is 1. The number of rotatable bonds is 8. The molecule has 2 aromatic heterocycles. The van der Waals surface area contributed by atoms with Gasteiger partial charge in [0.1, 0.15) is 0 Å². The van der Waals surface area contributed by atoms with Crippen LogP contribution in [0.1, 0.15) is 65.3 Å². The van der Waals surface area contributed by atoms with E-state index in [9.17, 15) is 9.59 Å². The molecule has 0 unspecified atom stereocenters. The Morgan fingerprint density at radius 2 is 1.67 bits per heavy atom. The van der Waals surface area contributed by atoms with E-state index < -0.39 is 0 Å². The predicted molar refractivity (Wildman–Crippen MR) is 157 cm³/mol. The number of benzene rings is 1. The number of hydrogen-bond acceptors (Lipinski definition) is 7. The maximum Gasteiger partial charge on any atom is 0.253 e. The molecule has 208 valence electrons. The molecule has 0 atom stereocenters. The predicted octanol–water partition coefficient (Wildman–Crippen LogP) is 3.97. The van der Waals surface area contributed by atoms with E-state index in [0.717, 1.165) is 65.9 Å². The lowest BCUT2D eigenvalue weighted by Gasteiger charge is -2.40. The number of amides is 1. The fourth-order valence-electron chi connectivity index (χ4n) is 5.76. The number of aryl methyl sites for hydroxylation is 2. The molecule has 0 radical (unpaired) electrons. The lowest BCUT2D eigenvalue weighted by Crippen LogP contribution is -2.42. The zero-order valence-electron chi connectivity index (χ0n) is 24.0. The zero-order chi connectivity index (χ0) is 28.3. The monoisotopic (exact) mass is 531 g/mol. The van der Waals surface area contributed by atoms with Crippen LogP contribution in [0.2, 0.25) is 0 Å². The number of hydrogen-bond donors (Lipinski definition) is 3. The van der Waals surface area contributed by atoms with Gasteiger partial charge in [0.05, 0.1) is 0 Å². The van der Waals surface area contributed by atoms with Gasteiger partial charge in [-0.25, -0.2) is 9.97 Å². The van der Waals surface area contributed by atoms with Crippen molar-refractivity contribution in [2.45, 2.75) is 72.0 Å². The molecule has 1 aliphatic carbocycles. The molecule has 0 saturated heterocycles. The quantitative estimate of drug-likeness (QED) is 0.402. The van der Waals surface area contributed by atoms with E-state index in [4.69, 9.17) is 5.73 Å². The third-order valence-electron chi connectivity index (χ3n) is 8.04. The van der Waals surface area contributed by atoms with Gasteiger partial charge < -0.3 is 25.8 Å². The summed E-state index contributed by atoms with van der Waals surface area (Å²) in [5, 5.41) is 2.99. The molecule has 0 bridgehead atoms. The highest BCUT2D eigenvalue weighted by Gasteiger charge is 2.28. The number of aromatic nitrogens is 3. The molecule has 3 aromatic rings. The zero-order valence-corrected chi connectivity index (χ0v) is 24.0. The van der Waals surface area contributed by atoms with Crippen LogP contribution in [0.25, 0.3) is 11.1 Å². The van der Waals surface area contributed by atoms with Gasteiger partial charge in [-0.15, -0.1) is 0 Å². The summed E-state index contributed by atoms with van der Waals surface area (Å²) >= 11 is 0. The highest BCUT2D eigenvalue weighted by atomic mass is 16.1. The number of carbonyl (C=O) groups is 1. The minimum atomic E-state index is -0.223. The van der Waals surface area contributed by atoms with E-state index in [-0.39, 0.29) is 24.0 Å². The van der Waals surface area contributed by atoms with Gasteiger partial charge in [0.15, 0.2) is 0 Å². The van der Waals surface area contributed by atoms with Gasteiger partial charge in [-0.1, -0.05) is 0 Å². The fraction of sp³-hybridized carbons (Fsp3) is 0.467. The van der Waals surface area contributed by atoms with E-state index in [0.29, 0.717) is 23.2 Å². The number of nitrogens with zero attached hydrogens (tertiary/aromatic N) is 4. The van der Waals surface area contributed by atoms with Gasteiger partial charge in [-0.05, 0) is 102 Å². The number of pyridine rings is 1. The molecule has 1 aromatic carbocycles. The van der Waals surface area contributed by atoms with Gasteiger partial charge in [0.25, 0.3) is 11.5 Å². The summed E-state index contributed by atoms with van der Waals surface area (Å²) in [6.45, 7) is 8.89. The number of carbonyl (C=O) groups excluding carboxylic acids is 1. The lowest BCUT2D eigenvalue weighted by atomic mass is 9.88. The number of nitrogen functional groups attached to an aromatic ring is 1. The highest BCUT2D eigenvalue weighted by Crippen LogP contribution is 2.35. The van der Waals surface area contributed by atoms with Crippen LogP contribution in [0.3, 0.4) is 0 Å². The Balaban J connectivity index is 1.70. The van der Waals surface area contributed by atoms with Crippen molar-refractivity contribution in [3.05, 3.63) is 68.9 Å². The second kappa shape index (κ2) is 12.0. The van der Waals surface area contributed by atoms with Gasteiger partial charge in [0, 0.05) is 65.6 Å². The first-order chi connectivity index (χ1) is 18.6. The molecule has 9 heteroatoms. The molecular formula is C30H41N7O2. The Kier molecular flexibility index (Phi) is 8.70. The molecule has 1 aliphatic rings. The van der Waals surface area contributed by atoms with Gasteiger partial charge in [-0.3, -0.25) is 9.59 Å². The average molecular weight is 532 g/mol. The van der Waals surface area contributed by atoms with Crippen molar-refractivity contribution in [3.63, 3.8) is 0 Å². The van der Waals surface area contributed by atoms with Crippen LogP contribution in [0.5, 0.6) is 0 Å². The van der Waals surface area contributed by atoms with E-state index in [2.05, 4.69) is 57.2 Å². The van der Waals surface area contributed by atoms with Crippen LogP contribution in [-0.2, 0) is 6.54 Å². The summed E-state index contributed by atoms with van der Waals surface area (Å²) in [6.07, 6.45) is 7.87. The standard InChI is InChI=1S/C30H41N7O2/c1-7-37(24-10-8-23(9-11-24)36(5)6)27-14-21(22-15-33-30(31)34-16-22)13-25(20(27)4)28(38)32-17-26-18(2)12-19(3)35-29(26)39/h12-16,23-24H,7-11,17H2,1-6H3,(H,32,38)(H,35,39)(H2,31,33,34)/t23-,24-. The summed E-state index contributed by atoms with van der Waals surface area (Å²) in [5.41, 5.74) is 11.9. The summed E-state index contributed by atoms with van der Waals surface area (Å²) in [6, 6.07) is 6.93. The van der Waals surface area contributed by atoms with E-state index in [1.807, 2.05) is 32.9 Å². The molecular weight excluding hydrogens is 490 g/mol. The van der Waals surface area contributed by atoms with Crippen LogP contribution < -0.4 is 21.5 Å². The van der Waals surface area contributed by atoms with Crippen molar-refractivity contribution < 1.29 is 4.79 Å². The number of nitrogens with one attached hydrogen (secondary N) is 2. The molecule has 9 nitrogen and oxygen atoms in total. The normalized spacial score (nSPS) is 17.3. The molecule has 0 spiro atoms. The van der Waals surface area contributed by atoms with Crippen molar-refractivity contribution in [2.24, 2.45) is 0 Å². The molecule has 4 N–H and O–H groups in total. The third kappa shape index (κ3) is 6.30. The molecule has 2 heterocycles. The fourth-order valence-corrected chi connectivity index (χ4v) is 5.76. The van der Waals surface area contributed by atoms with E-state index in [1.54, 1.807) is 12.4 Å². The Labute approximate surface area is 230 Å². The Morgan fingerprint density at radius 3 is 2.26 bits per heavy atom. The van der Waals surface area contributed by atoms with Crippen LogP contribution >= 0.6 is 0 Å². The van der Waals surface area contributed by atoms with E-state index >= 15 is 0 Å². The third-order valence-corrected chi connectivity index (χ3v) is 8.04. The maximum absolute atomic E-state index is 13.6. The Bertz CT molecular complexity index is 1370. The Morgan fingerprint density at radius 1 is 1.03 bits per heavy atom. The van der Waals surface area contributed by atoms with Crippen molar-refractivity contribution in [1.29, 1.82) is 0 Å². The number of anilines is 2. The van der Waals surface area contributed by atoms with Crippen molar-refractivity contribution >= 4 is 17.5 Å². The summed E-state index contributed by atoms with van der Waals surface area (Å²) < 4.78 is 0. The molecule has 0 aliphatic heterocycles. The van der Waals surface area contributed by atoms with Crippen LogP contribution in [0.4, 0.5) is 11.6 Å². The second-order valence-corrected chi connectivity index (χ2v) is 10.8. The van der Waals surface area contributed by atoms with E-state index in [1.165, 1.54) is 0 Å². The largest absolute Gasteiger partial charge is 0.369 e. The second-order valence-electron chi connectivity index (χ2n) is 10.8. The molecule has 1 amide bonds. The van der Waals surface area contributed by atoms with Crippen LogP contribution in [0.15, 0.2) is 35.4 Å². The van der Waals surface area contributed by atoms with Gasteiger partial charge >= 0.3 is 0 Å². The minimum Gasteiger partial charge on any atom is -0.369 e. The first-order valence-electron chi connectivity index (χ1n) is 13.7. The topological polar surface area (TPSA) is 120 Å². The van der Waals surface area contributed by atoms with Gasteiger partial charge in [0.2, 0.25) is 5.95 Å². The van der Waals surface area contributed by atoms with Gasteiger partial charge in [-0.2, -0.15) is 0 Å². The summed E-state index contributed by atoms with van der Waals surface area (Å²) in [5.74, 6) is -0.0192. The average Bonchev–Trinajstić information content (AvgIpc) is 2.90. The summed E-state index contributed by atoms with van der Waals surface area (Å²) in [4.78, 5) is 42.1. The van der Waals surface area contributed by atoms with Crippen LogP contribution in [-0.4, -0.2) is 58.5 Å². The van der Waals surface area contributed by atoms with Crippen LogP contribution in [0, 0.1) is 20.8 Å².